The van der Waals surface area contributed by atoms with Crippen molar-refractivity contribution in [1.82, 2.24) is 10.6 Å². The molecule has 0 bridgehead atoms. The molecular formula is C15H21N3O3. The first-order chi connectivity index (χ1) is 10.1. The average Bonchev–Trinajstić information content (AvgIpc) is 2.93. The molecular weight excluding hydrogens is 270 g/mol. The van der Waals surface area contributed by atoms with E-state index in [1.807, 2.05) is 0 Å². The number of nitrogens with two attached hydrogens (primary N) is 1. The second-order valence-electron chi connectivity index (χ2n) is 5.24. The topological polar surface area (TPSA) is 93.5 Å². The molecule has 2 unspecified atom stereocenters. The third-order valence-corrected chi connectivity index (χ3v) is 3.67. The molecule has 1 saturated carbocycles. The molecule has 1 aromatic rings. The van der Waals surface area contributed by atoms with Crippen molar-refractivity contribution in [3.63, 3.8) is 0 Å². The van der Waals surface area contributed by atoms with Crippen LogP contribution in [0.3, 0.4) is 0 Å². The van der Waals surface area contributed by atoms with E-state index in [0.717, 1.165) is 19.3 Å². The van der Waals surface area contributed by atoms with Gasteiger partial charge in [0.25, 0.3) is 5.91 Å². The third kappa shape index (κ3) is 4.46. The summed E-state index contributed by atoms with van der Waals surface area (Å²) in [6.07, 6.45) is 2.92. The molecule has 4 N–H and O–H groups in total. The molecule has 0 aliphatic heterocycles. The molecule has 2 atom stereocenters. The number of ether oxygens (including phenoxy) is 1. The first-order valence-corrected chi connectivity index (χ1v) is 7.04. The molecule has 6 heteroatoms. The Morgan fingerprint density at radius 3 is 2.62 bits per heavy atom. The number of methoxy groups -OCH3 is 1. The van der Waals surface area contributed by atoms with Crippen LogP contribution in [0, 0.1) is 0 Å². The zero-order valence-corrected chi connectivity index (χ0v) is 12.1. The average molecular weight is 291 g/mol. The summed E-state index contributed by atoms with van der Waals surface area (Å²) in [4.78, 5) is 23.6. The Bertz CT molecular complexity index is 501. The summed E-state index contributed by atoms with van der Waals surface area (Å²) in [5.41, 5.74) is 6.64. The zero-order valence-electron chi connectivity index (χ0n) is 12.1. The van der Waals surface area contributed by atoms with E-state index < -0.39 is 0 Å². The fourth-order valence-corrected chi connectivity index (χ4v) is 2.46. The van der Waals surface area contributed by atoms with Crippen molar-refractivity contribution in [1.29, 1.82) is 0 Å². The van der Waals surface area contributed by atoms with Crippen molar-refractivity contribution in [2.24, 2.45) is 0 Å². The summed E-state index contributed by atoms with van der Waals surface area (Å²) in [6.45, 7) is -0.0304. The predicted molar refractivity (Wildman–Crippen MR) is 79.8 cm³/mol. The molecule has 2 rings (SSSR count). The monoisotopic (exact) mass is 291 g/mol. The second kappa shape index (κ2) is 7.08. The van der Waals surface area contributed by atoms with E-state index in [0.29, 0.717) is 11.3 Å². The fraction of sp³-hybridized carbons (Fsp3) is 0.467. The molecule has 1 aliphatic rings. The lowest BCUT2D eigenvalue weighted by Crippen LogP contribution is -2.41. The molecule has 6 nitrogen and oxygen atoms in total. The molecule has 0 spiro atoms. The van der Waals surface area contributed by atoms with Crippen LogP contribution in [-0.2, 0) is 9.53 Å². The van der Waals surface area contributed by atoms with Crippen LogP contribution in [0.1, 0.15) is 29.6 Å². The van der Waals surface area contributed by atoms with Crippen LogP contribution >= 0.6 is 0 Å². The van der Waals surface area contributed by atoms with Gasteiger partial charge in [-0.2, -0.15) is 0 Å². The van der Waals surface area contributed by atoms with Gasteiger partial charge in [-0.15, -0.1) is 0 Å². The van der Waals surface area contributed by atoms with Crippen molar-refractivity contribution in [3.05, 3.63) is 29.8 Å². The van der Waals surface area contributed by atoms with Crippen LogP contribution in [0.4, 0.5) is 5.69 Å². The Labute approximate surface area is 124 Å². The number of hydrogen-bond acceptors (Lipinski definition) is 4. The van der Waals surface area contributed by atoms with E-state index in [1.54, 1.807) is 31.4 Å². The lowest BCUT2D eigenvalue weighted by Gasteiger charge is -2.13. The van der Waals surface area contributed by atoms with E-state index >= 15 is 0 Å². The normalized spacial score (nSPS) is 21.0. The van der Waals surface area contributed by atoms with Crippen LogP contribution in [0.5, 0.6) is 0 Å². The molecule has 1 aliphatic carbocycles. The molecule has 0 heterocycles. The highest BCUT2D eigenvalue weighted by molar-refractivity contribution is 5.96. The van der Waals surface area contributed by atoms with Crippen molar-refractivity contribution in [2.45, 2.75) is 31.4 Å². The number of anilines is 1. The number of carbonyl (C=O) groups excluding carboxylic acids is 2. The van der Waals surface area contributed by atoms with Gasteiger partial charge in [0, 0.05) is 24.4 Å². The first-order valence-electron chi connectivity index (χ1n) is 7.04. The van der Waals surface area contributed by atoms with Crippen LogP contribution in [0.25, 0.3) is 0 Å². The number of carbonyl (C=O) groups is 2. The molecule has 1 fully saturated rings. The summed E-state index contributed by atoms with van der Waals surface area (Å²) in [6, 6.07) is 6.69. The molecule has 2 amide bonds. The predicted octanol–water partition coefficient (Wildman–Crippen LogP) is 0.682. The second-order valence-corrected chi connectivity index (χ2v) is 5.24. The van der Waals surface area contributed by atoms with Crippen LogP contribution in [0.2, 0.25) is 0 Å². The van der Waals surface area contributed by atoms with Crippen molar-refractivity contribution in [2.75, 3.05) is 19.4 Å². The van der Waals surface area contributed by atoms with Gasteiger partial charge >= 0.3 is 0 Å². The van der Waals surface area contributed by atoms with Crippen LogP contribution in [-0.4, -0.2) is 37.6 Å². The van der Waals surface area contributed by atoms with Gasteiger partial charge in [0.15, 0.2) is 0 Å². The van der Waals surface area contributed by atoms with Gasteiger partial charge in [-0.3, -0.25) is 9.59 Å². The summed E-state index contributed by atoms with van der Waals surface area (Å²) in [5, 5.41) is 5.50. The van der Waals surface area contributed by atoms with Gasteiger partial charge in [0.1, 0.15) is 0 Å². The van der Waals surface area contributed by atoms with Crippen molar-refractivity contribution < 1.29 is 14.3 Å². The van der Waals surface area contributed by atoms with Crippen LogP contribution < -0.4 is 16.4 Å². The summed E-state index contributed by atoms with van der Waals surface area (Å²) in [7, 11) is 1.68. The largest absolute Gasteiger partial charge is 0.399 e. The van der Waals surface area contributed by atoms with Crippen molar-refractivity contribution in [3.8, 4) is 0 Å². The van der Waals surface area contributed by atoms with Crippen LogP contribution in [0.15, 0.2) is 24.3 Å². The zero-order chi connectivity index (χ0) is 15.2. The Hall–Kier alpha value is -2.08. The van der Waals surface area contributed by atoms with E-state index in [-0.39, 0.29) is 30.5 Å². The summed E-state index contributed by atoms with van der Waals surface area (Å²) >= 11 is 0. The highest BCUT2D eigenvalue weighted by Crippen LogP contribution is 2.21. The lowest BCUT2D eigenvalue weighted by atomic mass is 10.2. The van der Waals surface area contributed by atoms with Gasteiger partial charge < -0.3 is 21.1 Å². The minimum absolute atomic E-state index is 0.0304. The number of nitrogen functional groups attached to an aromatic ring is 1. The van der Waals surface area contributed by atoms with Gasteiger partial charge in [-0.1, -0.05) is 0 Å². The number of amides is 2. The van der Waals surface area contributed by atoms with Gasteiger partial charge in [0.2, 0.25) is 5.91 Å². The minimum Gasteiger partial charge on any atom is -0.399 e. The summed E-state index contributed by atoms with van der Waals surface area (Å²) < 4.78 is 5.26. The highest BCUT2D eigenvalue weighted by atomic mass is 16.5. The number of rotatable bonds is 5. The Morgan fingerprint density at radius 2 is 2.00 bits per heavy atom. The van der Waals surface area contributed by atoms with E-state index in [2.05, 4.69) is 10.6 Å². The fourth-order valence-electron chi connectivity index (χ4n) is 2.46. The maximum absolute atomic E-state index is 11.8. The number of benzene rings is 1. The van der Waals surface area contributed by atoms with E-state index in [9.17, 15) is 9.59 Å². The Balaban J connectivity index is 1.74. The first kappa shape index (κ1) is 15.3. The van der Waals surface area contributed by atoms with Gasteiger partial charge in [0.05, 0.1) is 12.6 Å². The molecule has 0 saturated heterocycles. The molecule has 0 aromatic heterocycles. The number of nitrogens with one attached hydrogen (secondary N) is 2. The minimum atomic E-state index is -0.286. The number of hydrogen-bond donors (Lipinski definition) is 3. The molecule has 0 radical (unpaired) electrons. The third-order valence-electron chi connectivity index (χ3n) is 3.67. The Morgan fingerprint density at radius 1 is 1.29 bits per heavy atom. The SMILES string of the molecule is COC1CCC(NC(=O)CNC(=O)c2ccc(N)cc2)C1. The van der Waals surface area contributed by atoms with Crippen molar-refractivity contribution >= 4 is 17.5 Å². The summed E-state index contributed by atoms with van der Waals surface area (Å²) in [5.74, 6) is -0.466. The maximum Gasteiger partial charge on any atom is 0.251 e. The maximum atomic E-state index is 11.8. The standard InChI is InChI=1S/C15H21N3O3/c1-21-13-7-6-12(8-13)18-14(19)9-17-15(20)10-2-4-11(16)5-3-10/h2-5,12-13H,6-9,16H2,1H3,(H,17,20)(H,18,19). The van der Waals surface area contributed by atoms with E-state index in [4.69, 9.17) is 10.5 Å². The quantitative estimate of drug-likeness (QED) is 0.696. The van der Waals surface area contributed by atoms with Gasteiger partial charge in [-0.05, 0) is 43.5 Å². The Kier molecular flexibility index (Phi) is 5.16. The molecule has 21 heavy (non-hydrogen) atoms. The lowest BCUT2D eigenvalue weighted by molar-refractivity contribution is -0.120. The van der Waals surface area contributed by atoms with E-state index in [1.165, 1.54) is 0 Å². The molecule has 114 valence electrons. The molecule has 1 aromatic carbocycles. The highest BCUT2D eigenvalue weighted by Gasteiger charge is 2.25. The van der Waals surface area contributed by atoms with Gasteiger partial charge in [-0.25, -0.2) is 0 Å². The smallest absolute Gasteiger partial charge is 0.251 e.